The summed E-state index contributed by atoms with van der Waals surface area (Å²) in [5.41, 5.74) is 0.172. The van der Waals surface area contributed by atoms with E-state index < -0.39 is 5.60 Å². The minimum atomic E-state index is -0.780. The number of phenolic OH excluding ortho intramolecular Hbond substituents is 1. The predicted molar refractivity (Wildman–Crippen MR) is 77.2 cm³/mol. The number of aromatic hydroxyl groups is 1. The van der Waals surface area contributed by atoms with Gasteiger partial charge in [-0.25, -0.2) is 0 Å². The second kappa shape index (κ2) is 5.44. The molecule has 1 N–H and O–H groups in total. The summed E-state index contributed by atoms with van der Waals surface area (Å²) in [6.07, 6.45) is 3.42. The molecule has 0 fully saturated rings. The average Bonchev–Trinajstić information content (AvgIpc) is 2.48. The third-order valence-electron chi connectivity index (χ3n) is 2.95. The lowest BCUT2D eigenvalue weighted by Crippen LogP contribution is -2.27. The van der Waals surface area contributed by atoms with Crippen molar-refractivity contribution in [1.82, 2.24) is 0 Å². The molecule has 0 bridgehead atoms. The third-order valence-corrected chi connectivity index (χ3v) is 2.95. The summed E-state index contributed by atoms with van der Waals surface area (Å²) in [5.74, 6) is 0.844. The molecule has 0 spiro atoms. The summed E-state index contributed by atoms with van der Waals surface area (Å²) >= 11 is 0. The van der Waals surface area contributed by atoms with Gasteiger partial charge in [0.15, 0.2) is 5.60 Å². The topological polar surface area (TPSA) is 29.5 Å². The van der Waals surface area contributed by atoms with Crippen LogP contribution in [0, 0.1) is 0 Å². The Bertz CT molecular complexity index is 548. The smallest absolute Gasteiger partial charge is 0.170 e. The van der Waals surface area contributed by atoms with Crippen molar-refractivity contribution in [1.29, 1.82) is 0 Å². The van der Waals surface area contributed by atoms with E-state index >= 15 is 0 Å². The lowest BCUT2D eigenvalue weighted by molar-refractivity contribution is 0.173. The van der Waals surface area contributed by atoms with Gasteiger partial charge >= 0.3 is 0 Å². The van der Waals surface area contributed by atoms with Crippen LogP contribution in [0.3, 0.4) is 0 Å². The highest BCUT2D eigenvalue weighted by Crippen LogP contribution is 2.31. The summed E-state index contributed by atoms with van der Waals surface area (Å²) in [7, 11) is 0. The number of hydrogen-bond acceptors (Lipinski definition) is 2. The monoisotopic (exact) mass is 252 g/mol. The highest BCUT2D eigenvalue weighted by atomic mass is 16.5. The van der Waals surface area contributed by atoms with Crippen LogP contribution in [0.5, 0.6) is 11.5 Å². The normalized spacial score (nSPS) is 10.7. The van der Waals surface area contributed by atoms with Gasteiger partial charge in [0.1, 0.15) is 11.5 Å². The Labute approximate surface area is 113 Å². The van der Waals surface area contributed by atoms with Crippen LogP contribution in [-0.4, -0.2) is 5.11 Å². The molecule has 0 radical (unpaired) electrons. The van der Waals surface area contributed by atoms with Gasteiger partial charge in [-0.3, -0.25) is 0 Å². The van der Waals surface area contributed by atoms with Crippen molar-refractivity contribution in [3.8, 4) is 11.5 Å². The summed E-state index contributed by atoms with van der Waals surface area (Å²) < 4.78 is 5.99. The molecule has 0 aliphatic rings. The molecular formula is C17H16O2. The number of phenols is 1. The number of hydrogen-bond donors (Lipinski definition) is 1. The molecule has 0 amide bonds. The van der Waals surface area contributed by atoms with E-state index in [1.54, 1.807) is 36.4 Å². The zero-order chi connectivity index (χ0) is 13.7. The minimum absolute atomic E-state index is 0.204. The van der Waals surface area contributed by atoms with Crippen LogP contribution in [0.4, 0.5) is 0 Å². The van der Waals surface area contributed by atoms with Gasteiger partial charge in [-0.15, -0.1) is 0 Å². The maximum Gasteiger partial charge on any atom is 0.170 e. The SMILES string of the molecule is C=CC(C=C)(Oc1ccc(O)cc1)c1ccccc1. The predicted octanol–water partition coefficient (Wildman–Crippen LogP) is 4.04. The lowest BCUT2D eigenvalue weighted by atomic mass is 9.93. The summed E-state index contributed by atoms with van der Waals surface area (Å²) in [4.78, 5) is 0. The van der Waals surface area contributed by atoms with Gasteiger partial charge in [-0.2, -0.15) is 0 Å². The molecule has 0 atom stereocenters. The molecule has 2 nitrogen and oxygen atoms in total. The minimum Gasteiger partial charge on any atom is -0.508 e. The number of ether oxygens (including phenoxy) is 1. The highest BCUT2D eigenvalue weighted by molar-refractivity contribution is 5.37. The molecule has 0 saturated heterocycles. The molecule has 0 aliphatic heterocycles. The van der Waals surface area contributed by atoms with Crippen molar-refractivity contribution in [2.24, 2.45) is 0 Å². The first kappa shape index (κ1) is 13.0. The van der Waals surface area contributed by atoms with Crippen LogP contribution < -0.4 is 4.74 Å². The third kappa shape index (κ3) is 2.68. The fourth-order valence-electron chi connectivity index (χ4n) is 1.87. The van der Waals surface area contributed by atoms with Crippen LogP contribution in [0.2, 0.25) is 0 Å². The van der Waals surface area contributed by atoms with Crippen LogP contribution >= 0.6 is 0 Å². The molecule has 0 unspecified atom stereocenters. The Balaban J connectivity index is 2.38. The lowest BCUT2D eigenvalue weighted by Gasteiger charge is -2.28. The van der Waals surface area contributed by atoms with E-state index in [-0.39, 0.29) is 5.75 Å². The molecule has 0 heterocycles. The molecular weight excluding hydrogens is 236 g/mol. The van der Waals surface area contributed by atoms with Crippen molar-refractivity contribution < 1.29 is 9.84 Å². The Hall–Kier alpha value is -2.48. The number of benzene rings is 2. The van der Waals surface area contributed by atoms with Crippen molar-refractivity contribution in [2.45, 2.75) is 5.60 Å². The molecule has 2 aromatic carbocycles. The van der Waals surface area contributed by atoms with E-state index in [0.29, 0.717) is 5.75 Å². The van der Waals surface area contributed by atoms with Crippen LogP contribution in [0.25, 0.3) is 0 Å². The molecule has 2 aromatic rings. The van der Waals surface area contributed by atoms with Gasteiger partial charge in [-0.1, -0.05) is 43.5 Å². The van der Waals surface area contributed by atoms with Crippen LogP contribution in [0.15, 0.2) is 79.9 Å². The van der Waals surface area contributed by atoms with Crippen molar-refractivity contribution >= 4 is 0 Å². The van der Waals surface area contributed by atoms with E-state index in [2.05, 4.69) is 13.2 Å². The van der Waals surface area contributed by atoms with E-state index in [9.17, 15) is 5.11 Å². The molecule has 2 rings (SSSR count). The van der Waals surface area contributed by atoms with Gasteiger partial charge in [-0.05, 0) is 36.4 Å². The van der Waals surface area contributed by atoms with Gasteiger partial charge in [0.25, 0.3) is 0 Å². The van der Waals surface area contributed by atoms with Crippen LogP contribution in [0.1, 0.15) is 5.56 Å². The highest BCUT2D eigenvalue weighted by Gasteiger charge is 2.27. The second-order valence-corrected chi connectivity index (χ2v) is 4.16. The van der Waals surface area contributed by atoms with Gasteiger partial charge in [0.05, 0.1) is 0 Å². The first-order valence-corrected chi connectivity index (χ1v) is 6.01. The molecule has 0 aromatic heterocycles. The van der Waals surface area contributed by atoms with Gasteiger partial charge in [0.2, 0.25) is 0 Å². The van der Waals surface area contributed by atoms with Crippen LogP contribution in [-0.2, 0) is 5.60 Å². The molecule has 96 valence electrons. The quantitative estimate of drug-likeness (QED) is 0.814. The largest absolute Gasteiger partial charge is 0.508 e. The zero-order valence-corrected chi connectivity index (χ0v) is 10.6. The molecule has 2 heteroatoms. The summed E-state index contributed by atoms with van der Waals surface area (Å²) in [5, 5.41) is 9.29. The van der Waals surface area contributed by atoms with Crippen molar-refractivity contribution in [2.75, 3.05) is 0 Å². The van der Waals surface area contributed by atoms with Gasteiger partial charge < -0.3 is 9.84 Å². The molecule has 0 saturated carbocycles. The fourth-order valence-corrected chi connectivity index (χ4v) is 1.87. The maximum absolute atomic E-state index is 9.29. The fraction of sp³-hybridized carbons (Fsp3) is 0.0588. The first-order valence-electron chi connectivity index (χ1n) is 6.01. The zero-order valence-electron chi connectivity index (χ0n) is 10.6. The standard InChI is InChI=1S/C17H16O2/c1-3-17(4-2,14-8-6-5-7-9-14)19-16-12-10-15(18)11-13-16/h3-13,18H,1-2H2. The Morgan fingerprint density at radius 3 is 2.00 bits per heavy atom. The maximum atomic E-state index is 9.29. The molecule has 19 heavy (non-hydrogen) atoms. The van der Waals surface area contributed by atoms with Crippen molar-refractivity contribution in [3.05, 3.63) is 85.5 Å². The second-order valence-electron chi connectivity index (χ2n) is 4.16. The first-order chi connectivity index (χ1) is 9.20. The average molecular weight is 252 g/mol. The Morgan fingerprint density at radius 2 is 1.47 bits per heavy atom. The van der Waals surface area contributed by atoms with E-state index in [4.69, 9.17) is 4.74 Å². The van der Waals surface area contributed by atoms with E-state index in [1.165, 1.54) is 0 Å². The summed E-state index contributed by atoms with van der Waals surface area (Å²) in [6.45, 7) is 7.70. The molecule has 0 aliphatic carbocycles. The van der Waals surface area contributed by atoms with E-state index in [0.717, 1.165) is 5.56 Å². The van der Waals surface area contributed by atoms with Crippen molar-refractivity contribution in [3.63, 3.8) is 0 Å². The van der Waals surface area contributed by atoms with Gasteiger partial charge in [0, 0.05) is 5.56 Å². The Morgan fingerprint density at radius 1 is 0.895 bits per heavy atom. The van der Waals surface area contributed by atoms with E-state index in [1.807, 2.05) is 30.3 Å². The number of rotatable bonds is 5. The Kier molecular flexibility index (Phi) is 3.71. The summed E-state index contributed by atoms with van der Waals surface area (Å²) in [6, 6.07) is 16.3.